The van der Waals surface area contributed by atoms with E-state index in [0.717, 1.165) is 16.5 Å². The third-order valence-corrected chi connectivity index (χ3v) is 6.63. The lowest BCUT2D eigenvalue weighted by molar-refractivity contribution is -0.140. The summed E-state index contributed by atoms with van der Waals surface area (Å²) < 4.78 is 16.0. The highest BCUT2D eigenvalue weighted by molar-refractivity contribution is 6.46. The second-order valence-corrected chi connectivity index (χ2v) is 8.63. The minimum absolute atomic E-state index is 0.0187. The van der Waals surface area contributed by atoms with Gasteiger partial charge in [-0.15, -0.1) is 0 Å². The molecule has 0 spiro atoms. The number of Topliss-reactive ketones (excluding diaryl/α,β-unsaturated/α-hetero) is 1. The molecule has 0 bridgehead atoms. The topological polar surface area (TPSA) is 101 Å². The van der Waals surface area contributed by atoms with Gasteiger partial charge >= 0.3 is 0 Å². The zero-order valence-corrected chi connectivity index (χ0v) is 20.6. The highest BCUT2D eigenvalue weighted by Gasteiger charge is 2.47. The van der Waals surface area contributed by atoms with Crippen LogP contribution in [0.5, 0.6) is 17.2 Å². The van der Waals surface area contributed by atoms with Gasteiger partial charge in [-0.3, -0.25) is 9.59 Å². The van der Waals surface area contributed by atoms with Crippen molar-refractivity contribution < 1.29 is 28.9 Å². The maximum absolute atomic E-state index is 13.5. The van der Waals surface area contributed by atoms with E-state index in [4.69, 9.17) is 14.2 Å². The maximum Gasteiger partial charge on any atom is 0.295 e. The summed E-state index contributed by atoms with van der Waals surface area (Å²) in [5, 5.41) is 12.4. The van der Waals surface area contributed by atoms with Crippen molar-refractivity contribution in [2.45, 2.75) is 12.6 Å². The average molecular weight is 499 g/mol. The maximum atomic E-state index is 13.5. The number of fused-ring (bicyclic) bond motifs is 1. The molecule has 8 nitrogen and oxygen atoms in total. The number of hydrogen-bond acceptors (Lipinski definition) is 6. The van der Waals surface area contributed by atoms with Gasteiger partial charge in [0.15, 0.2) is 0 Å². The Morgan fingerprint density at radius 3 is 2.32 bits per heavy atom. The molecule has 1 fully saturated rings. The highest BCUT2D eigenvalue weighted by atomic mass is 16.5. The fourth-order valence-electron chi connectivity index (χ4n) is 4.76. The minimum Gasteiger partial charge on any atom is -0.507 e. The molecule has 1 aliphatic rings. The van der Waals surface area contributed by atoms with E-state index >= 15 is 0 Å². The molecule has 1 aliphatic heterocycles. The van der Waals surface area contributed by atoms with Crippen molar-refractivity contribution in [1.82, 2.24) is 9.88 Å². The van der Waals surface area contributed by atoms with Gasteiger partial charge in [0.1, 0.15) is 23.0 Å². The number of aromatic amines is 1. The van der Waals surface area contributed by atoms with Crippen molar-refractivity contribution in [2.75, 3.05) is 21.3 Å². The third kappa shape index (κ3) is 4.16. The molecular formula is C29H26N2O6. The number of methoxy groups -OCH3 is 3. The summed E-state index contributed by atoms with van der Waals surface area (Å²) in [5.41, 5.74) is 2.61. The van der Waals surface area contributed by atoms with Crippen LogP contribution >= 0.6 is 0 Å². The number of amides is 1. The monoisotopic (exact) mass is 498 g/mol. The van der Waals surface area contributed by atoms with Crippen molar-refractivity contribution in [3.8, 4) is 17.2 Å². The van der Waals surface area contributed by atoms with E-state index in [2.05, 4.69) is 4.98 Å². The number of likely N-dealkylation sites (tertiary alicyclic amines) is 1. The van der Waals surface area contributed by atoms with E-state index in [1.54, 1.807) is 43.6 Å². The van der Waals surface area contributed by atoms with Gasteiger partial charge in [-0.2, -0.15) is 0 Å². The zero-order chi connectivity index (χ0) is 26.1. The standard InChI is InChI=1S/C29H26N2O6/c1-35-18-10-8-17(9-11-18)16-31-26(22-15-30-23-7-5-4-6-20(22)23)25(28(33)29(31)34)27(32)21-14-19(36-2)12-13-24(21)37-3/h4-15,26,30,32H,16H2,1-3H3/b27-25+. The molecule has 8 heteroatoms. The molecule has 2 N–H and O–H groups in total. The van der Waals surface area contributed by atoms with E-state index in [1.165, 1.54) is 19.1 Å². The Hall–Kier alpha value is -4.72. The molecule has 2 heterocycles. The fraction of sp³-hybridized carbons (Fsp3) is 0.172. The number of carbonyl (C=O) groups excluding carboxylic acids is 2. The number of hydrogen-bond donors (Lipinski definition) is 2. The molecule has 1 saturated heterocycles. The normalized spacial score (nSPS) is 16.8. The first kappa shape index (κ1) is 24.0. The van der Waals surface area contributed by atoms with Crippen molar-refractivity contribution in [1.29, 1.82) is 0 Å². The van der Waals surface area contributed by atoms with Gasteiger partial charge in [-0.05, 0) is 42.0 Å². The number of benzene rings is 3. The third-order valence-electron chi connectivity index (χ3n) is 6.63. The number of aromatic nitrogens is 1. The molecule has 3 aromatic carbocycles. The van der Waals surface area contributed by atoms with E-state index in [-0.39, 0.29) is 23.4 Å². The SMILES string of the molecule is COc1ccc(CN2C(=O)C(=O)/C(=C(/O)c3cc(OC)ccc3OC)C2c2c[nH]c3ccccc23)cc1. The van der Waals surface area contributed by atoms with E-state index in [1.807, 2.05) is 36.4 Å². The lowest BCUT2D eigenvalue weighted by atomic mass is 9.94. The van der Waals surface area contributed by atoms with E-state index in [9.17, 15) is 14.7 Å². The predicted octanol–water partition coefficient (Wildman–Crippen LogP) is 4.82. The smallest absolute Gasteiger partial charge is 0.295 e. The van der Waals surface area contributed by atoms with Crippen molar-refractivity contribution >= 4 is 28.4 Å². The number of H-pyrrole nitrogens is 1. The molecule has 4 aromatic rings. The first-order valence-electron chi connectivity index (χ1n) is 11.7. The quantitative estimate of drug-likeness (QED) is 0.215. The largest absolute Gasteiger partial charge is 0.507 e. The van der Waals surface area contributed by atoms with Crippen molar-refractivity contribution in [3.63, 3.8) is 0 Å². The van der Waals surface area contributed by atoms with Crippen LogP contribution in [0.25, 0.3) is 16.7 Å². The Balaban J connectivity index is 1.71. The van der Waals surface area contributed by atoms with Crippen LogP contribution < -0.4 is 14.2 Å². The Morgan fingerprint density at radius 2 is 1.62 bits per heavy atom. The molecule has 0 aliphatic carbocycles. The summed E-state index contributed by atoms with van der Waals surface area (Å²) in [4.78, 5) is 31.6. The number of carbonyl (C=O) groups is 2. The van der Waals surface area contributed by atoms with E-state index in [0.29, 0.717) is 22.8 Å². The highest BCUT2D eigenvalue weighted by Crippen LogP contribution is 2.44. The van der Waals surface area contributed by atoms with Crippen LogP contribution in [0.1, 0.15) is 22.7 Å². The molecule has 1 amide bonds. The molecule has 0 radical (unpaired) electrons. The predicted molar refractivity (Wildman–Crippen MR) is 139 cm³/mol. The van der Waals surface area contributed by atoms with Crippen LogP contribution in [-0.2, 0) is 16.1 Å². The Bertz CT molecular complexity index is 1520. The average Bonchev–Trinajstić information content (AvgIpc) is 3.47. The summed E-state index contributed by atoms with van der Waals surface area (Å²) in [6.07, 6.45) is 1.78. The molecule has 0 saturated carbocycles. The molecule has 1 atom stereocenters. The Labute approximate surface area is 213 Å². The first-order chi connectivity index (χ1) is 18.0. The van der Waals surface area contributed by atoms with Gasteiger partial charge in [0.05, 0.1) is 38.5 Å². The van der Waals surface area contributed by atoms with E-state index < -0.39 is 17.7 Å². The van der Waals surface area contributed by atoms with Gasteiger partial charge in [0, 0.05) is 29.2 Å². The number of para-hydroxylation sites is 1. The summed E-state index contributed by atoms with van der Waals surface area (Å²) in [6.45, 7) is 0.158. The van der Waals surface area contributed by atoms with Crippen LogP contribution in [0, 0.1) is 0 Å². The molecular weight excluding hydrogens is 472 g/mol. The first-order valence-corrected chi connectivity index (χ1v) is 11.7. The summed E-state index contributed by atoms with van der Waals surface area (Å²) in [7, 11) is 4.56. The molecule has 188 valence electrons. The molecule has 1 aromatic heterocycles. The van der Waals surface area contributed by atoms with Crippen molar-refractivity contribution in [3.05, 3.63) is 95.2 Å². The number of ketones is 1. The lowest BCUT2D eigenvalue weighted by Gasteiger charge is -2.25. The summed E-state index contributed by atoms with van der Waals surface area (Å²) in [6, 6.07) is 19.0. The fourth-order valence-corrected chi connectivity index (χ4v) is 4.76. The molecule has 1 unspecified atom stereocenters. The van der Waals surface area contributed by atoms with Gasteiger partial charge < -0.3 is 29.2 Å². The van der Waals surface area contributed by atoms with Crippen LogP contribution in [0.2, 0.25) is 0 Å². The number of aliphatic hydroxyl groups is 1. The van der Waals surface area contributed by atoms with Crippen LogP contribution in [0.4, 0.5) is 0 Å². The number of rotatable bonds is 7. The second kappa shape index (κ2) is 9.73. The second-order valence-electron chi connectivity index (χ2n) is 8.63. The van der Waals surface area contributed by atoms with Crippen LogP contribution in [0.3, 0.4) is 0 Å². The molecule has 37 heavy (non-hydrogen) atoms. The Morgan fingerprint density at radius 1 is 0.919 bits per heavy atom. The van der Waals surface area contributed by atoms with Gasteiger partial charge in [0.25, 0.3) is 11.7 Å². The molecule has 5 rings (SSSR count). The van der Waals surface area contributed by atoms with Crippen LogP contribution in [-0.4, -0.2) is 48.0 Å². The summed E-state index contributed by atoms with van der Waals surface area (Å²) in [5.74, 6) is -0.304. The summed E-state index contributed by atoms with van der Waals surface area (Å²) >= 11 is 0. The van der Waals surface area contributed by atoms with Gasteiger partial charge in [-0.25, -0.2) is 0 Å². The number of nitrogens with one attached hydrogen (secondary N) is 1. The van der Waals surface area contributed by atoms with Gasteiger partial charge in [0.2, 0.25) is 0 Å². The number of nitrogens with zero attached hydrogens (tertiary/aromatic N) is 1. The number of aliphatic hydroxyl groups excluding tert-OH is 1. The van der Waals surface area contributed by atoms with Crippen molar-refractivity contribution in [2.24, 2.45) is 0 Å². The Kier molecular flexibility index (Phi) is 6.31. The van der Waals surface area contributed by atoms with Crippen LogP contribution in [0.15, 0.2) is 78.5 Å². The number of ether oxygens (including phenoxy) is 3. The van der Waals surface area contributed by atoms with Gasteiger partial charge in [-0.1, -0.05) is 30.3 Å². The zero-order valence-electron chi connectivity index (χ0n) is 20.6. The lowest BCUT2D eigenvalue weighted by Crippen LogP contribution is -2.29. The minimum atomic E-state index is -0.839.